The maximum Gasteiger partial charge on any atom is 0.287 e. The maximum atomic E-state index is 12.2. The molecule has 4 aromatic rings. The van der Waals surface area contributed by atoms with E-state index < -0.39 is 0 Å². The van der Waals surface area contributed by atoms with E-state index >= 15 is 0 Å². The fourth-order valence-corrected chi connectivity index (χ4v) is 3.14. The normalized spacial score (nSPS) is 10.8. The van der Waals surface area contributed by atoms with Crippen molar-refractivity contribution in [3.05, 3.63) is 88.0 Å². The van der Waals surface area contributed by atoms with Crippen LogP contribution >= 0.6 is 0 Å². The van der Waals surface area contributed by atoms with Gasteiger partial charge in [-0.25, -0.2) is 4.98 Å². The van der Waals surface area contributed by atoms with Gasteiger partial charge in [-0.2, -0.15) is 0 Å². The summed E-state index contributed by atoms with van der Waals surface area (Å²) in [5.41, 5.74) is 2.38. The molecular formula is C24H23N3O5. The van der Waals surface area contributed by atoms with E-state index in [0.717, 1.165) is 11.0 Å². The van der Waals surface area contributed by atoms with Crippen LogP contribution in [-0.4, -0.2) is 22.1 Å². The molecule has 4 rings (SSSR count). The molecule has 1 N–H and O–H groups in total. The first-order valence-electron chi connectivity index (χ1n) is 10.2. The quantitative estimate of drug-likeness (QED) is 0.455. The van der Waals surface area contributed by atoms with Crippen LogP contribution < -0.4 is 20.3 Å². The molecule has 0 saturated carbocycles. The van der Waals surface area contributed by atoms with Gasteiger partial charge in [-0.1, -0.05) is 25.1 Å². The molecule has 2 aromatic carbocycles. The molecule has 0 spiro atoms. The number of rotatable bonds is 8. The van der Waals surface area contributed by atoms with E-state index in [1.54, 1.807) is 37.3 Å². The molecule has 1 amide bonds. The van der Waals surface area contributed by atoms with Crippen LogP contribution in [-0.2, 0) is 17.8 Å². The third kappa shape index (κ3) is 5.15. The number of carbonyl (C=O) groups is 1. The summed E-state index contributed by atoms with van der Waals surface area (Å²) in [6.45, 7) is 3.83. The summed E-state index contributed by atoms with van der Waals surface area (Å²) in [7, 11) is 0. The Kier molecular flexibility index (Phi) is 6.21. The topological polar surface area (TPSA) is 95.1 Å². The van der Waals surface area contributed by atoms with Crippen LogP contribution in [0.25, 0.3) is 5.65 Å². The molecule has 0 atom stereocenters. The van der Waals surface area contributed by atoms with E-state index in [-0.39, 0.29) is 24.7 Å². The minimum absolute atomic E-state index is 0.101. The molecule has 0 aliphatic heterocycles. The van der Waals surface area contributed by atoms with Gasteiger partial charge in [0.05, 0.1) is 5.69 Å². The van der Waals surface area contributed by atoms with Crippen molar-refractivity contribution in [2.24, 2.45) is 0 Å². The van der Waals surface area contributed by atoms with Crippen molar-refractivity contribution in [1.82, 2.24) is 9.56 Å². The third-order valence-electron chi connectivity index (χ3n) is 4.73. The summed E-state index contributed by atoms with van der Waals surface area (Å²) in [6.07, 6.45) is 0.948. The summed E-state index contributed by atoms with van der Waals surface area (Å²) in [6, 6.07) is 17.7. The van der Waals surface area contributed by atoms with Gasteiger partial charge in [0, 0.05) is 23.9 Å². The molecule has 2 aromatic heterocycles. The van der Waals surface area contributed by atoms with Crippen molar-refractivity contribution in [2.75, 3.05) is 11.9 Å². The predicted molar refractivity (Wildman–Crippen MR) is 119 cm³/mol. The zero-order valence-electron chi connectivity index (χ0n) is 17.8. The zero-order chi connectivity index (χ0) is 22.5. The lowest BCUT2D eigenvalue weighted by Gasteiger charge is -2.10. The minimum Gasteiger partial charge on any atom is -0.487 e. The number of aromatic nitrogens is 2. The monoisotopic (exact) mass is 433 g/mol. The van der Waals surface area contributed by atoms with Crippen LogP contribution in [0.3, 0.4) is 0 Å². The second-order valence-corrected chi connectivity index (χ2v) is 7.24. The minimum atomic E-state index is -0.313. The molecule has 164 valence electrons. The highest BCUT2D eigenvalue weighted by Gasteiger charge is 2.08. The first-order chi connectivity index (χ1) is 15.5. The van der Waals surface area contributed by atoms with E-state index in [2.05, 4.69) is 17.2 Å². The number of carbonyl (C=O) groups excluding carboxylic acids is 1. The van der Waals surface area contributed by atoms with Crippen molar-refractivity contribution < 1.29 is 18.8 Å². The Bertz CT molecular complexity index is 1290. The van der Waals surface area contributed by atoms with Gasteiger partial charge >= 0.3 is 0 Å². The highest BCUT2D eigenvalue weighted by atomic mass is 16.5. The van der Waals surface area contributed by atoms with Gasteiger partial charge in [0.25, 0.3) is 11.5 Å². The lowest BCUT2D eigenvalue weighted by molar-refractivity contribution is -0.118. The molecule has 8 nitrogen and oxygen atoms in total. The van der Waals surface area contributed by atoms with E-state index in [0.29, 0.717) is 34.3 Å². The number of hydrogen-bond acceptors (Lipinski definition) is 6. The number of aryl methyl sites for hydroxylation is 2. The summed E-state index contributed by atoms with van der Waals surface area (Å²) >= 11 is 0. The third-order valence-corrected chi connectivity index (χ3v) is 4.73. The van der Waals surface area contributed by atoms with Gasteiger partial charge < -0.3 is 19.3 Å². The highest BCUT2D eigenvalue weighted by Crippen LogP contribution is 2.19. The molecule has 8 heteroatoms. The van der Waals surface area contributed by atoms with Crippen LogP contribution in [0.5, 0.6) is 11.5 Å². The Labute approximate surface area is 184 Å². The van der Waals surface area contributed by atoms with Crippen molar-refractivity contribution in [1.29, 1.82) is 0 Å². The number of amides is 1. The Hall–Kier alpha value is -4.07. The molecule has 0 saturated heterocycles. The molecule has 0 radical (unpaired) electrons. The number of nitrogens with zero attached hydrogens (tertiary/aromatic N) is 2. The van der Waals surface area contributed by atoms with E-state index in [1.807, 2.05) is 24.3 Å². The average molecular weight is 433 g/mol. The SMILES string of the molecule is CCc1ccc(OCC(=O)Nc2cccc(OCc3cc(=O)n4oc(C)cc4n3)c2)cc1. The standard InChI is InChI=1S/C24H23N3O5/c1-3-17-7-9-20(10-8-17)31-15-23(28)26-18-5-4-6-21(12-18)30-14-19-13-24(29)27-22(25-19)11-16(2)32-27/h4-13H,3,14-15H2,1-2H3,(H,26,28). The van der Waals surface area contributed by atoms with Gasteiger partial charge in [0.15, 0.2) is 12.3 Å². The summed E-state index contributed by atoms with van der Waals surface area (Å²) in [5, 5.41) is 2.78. The second kappa shape index (κ2) is 9.38. The highest BCUT2D eigenvalue weighted by molar-refractivity contribution is 5.92. The van der Waals surface area contributed by atoms with Crippen molar-refractivity contribution in [2.45, 2.75) is 26.9 Å². The molecular weight excluding hydrogens is 410 g/mol. The predicted octanol–water partition coefficient (Wildman–Crippen LogP) is 3.75. The fourth-order valence-electron chi connectivity index (χ4n) is 3.14. The zero-order valence-corrected chi connectivity index (χ0v) is 17.8. The molecule has 0 fully saturated rings. The van der Waals surface area contributed by atoms with Crippen LogP contribution in [0, 0.1) is 6.92 Å². The smallest absolute Gasteiger partial charge is 0.287 e. The number of fused-ring (bicyclic) bond motifs is 1. The largest absolute Gasteiger partial charge is 0.487 e. The summed E-state index contributed by atoms with van der Waals surface area (Å²) in [4.78, 5) is 28.7. The van der Waals surface area contributed by atoms with Gasteiger partial charge in [-0.3, -0.25) is 9.59 Å². The van der Waals surface area contributed by atoms with E-state index in [1.165, 1.54) is 11.6 Å². The average Bonchev–Trinajstić information content (AvgIpc) is 3.18. The Balaban J connectivity index is 1.33. The van der Waals surface area contributed by atoms with Gasteiger partial charge in [0.1, 0.15) is 23.9 Å². The van der Waals surface area contributed by atoms with Gasteiger partial charge in [0.2, 0.25) is 0 Å². The maximum absolute atomic E-state index is 12.2. The van der Waals surface area contributed by atoms with Gasteiger partial charge in [-0.15, -0.1) is 4.57 Å². The van der Waals surface area contributed by atoms with Crippen LogP contribution in [0.1, 0.15) is 23.9 Å². The molecule has 0 aliphatic rings. The number of hydrogen-bond donors (Lipinski definition) is 1. The lowest BCUT2D eigenvalue weighted by atomic mass is 10.2. The Morgan fingerprint density at radius 3 is 2.66 bits per heavy atom. The van der Waals surface area contributed by atoms with Crippen molar-refractivity contribution in [3.8, 4) is 11.5 Å². The summed E-state index contributed by atoms with van der Waals surface area (Å²) in [5.74, 6) is 1.49. The van der Waals surface area contributed by atoms with Crippen LogP contribution in [0.15, 0.2) is 70.0 Å². The number of anilines is 1. The fraction of sp³-hybridized carbons (Fsp3) is 0.208. The number of benzene rings is 2. The second-order valence-electron chi connectivity index (χ2n) is 7.24. The molecule has 0 unspecified atom stereocenters. The first kappa shape index (κ1) is 21.2. The number of nitrogens with one attached hydrogen (secondary N) is 1. The Morgan fingerprint density at radius 1 is 1.06 bits per heavy atom. The molecule has 2 heterocycles. The molecule has 0 bridgehead atoms. The van der Waals surface area contributed by atoms with Crippen LogP contribution in [0.2, 0.25) is 0 Å². The van der Waals surface area contributed by atoms with Crippen LogP contribution in [0.4, 0.5) is 5.69 Å². The lowest BCUT2D eigenvalue weighted by Crippen LogP contribution is -2.20. The Morgan fingerprint density at radius 2 is 1.88 bits per heavy atom. The first-order valence-corrected chi connectivity index (χ1v) is 10.2. The van der Waals surface area contributed by atoms with Crippen molar-refractivity contribution >= 4 is 17.2 Å². The van der Waals surface area contributed by atoms with Gasteiger partial charge in [-0.05, 0) is 43.2 Å². The van der Waals surface area contributed by atoms with E-state index in [9.17, 15) is 9.59 Å². The summed E-state index contributed by atoms with van der Waals surface area (Å²) < 4.78 is 17.7. The molecule has 32 heavy (non-hydrogen) atoms. The number of ether oxygens (including phenoxy) is 2. The molecule has 0 aliphatic carbocycles. The van der Waals surface area contributed by atoms with Crippen molar-refractivity contribution in [3.63, 3.8) is 0 Å². The van der Waals surface area contributed by atoms with E-state index in [4.69, 9.17) is 14.0 Å².